The minimum atomic E-state index is -0.187. The number of benzene rings is 1. The van der Waals surface area contributed by atoms with Crippen LogP contribution in [0.1, 0.15) is 24.0 Å². The molecule has 1 spiro atoms. The Kier molecular flexibility index (Phi) is 1.57. The van der Waals surface area contributed by atoms with Crippen LogP contribution < -0.4 is 5.32 Å². The molecule has 2 nitrogen and oxygen atoms in total. The molecule has 2 aliphatic rings. The number of amides is 1. The fourth-order valence-corrected chi connectivity index (χ4v) is 3.10. The maximum Gasteiger partial charge on any atom is 0.230 e. The highest BCUT2D eigenvalue weighted by molar-refractivity contribution is 9.10. The number of nitrogens with one attached hydrogen (secondary N) is 1. The Morgan fingerprint density at radius 3 is 2.86 bits per heavy atom. The van der Waals surface area contributed by atoms with Gasteiger partial charge in [-0.05, 0) is 30.0 Å². The van der Waals surface area contributed by atoms with Crippen molar-refractivity contribution >= 4 is 21.8 Å². The van der Waals surface area contributed by atoms with Crippen molar-refractivity contribution in [2.75, 3.05) is 0 Å². The zero-order valence-corrected chi connectivity index (χ0v) is 9.23. The maximum atomic E-state index is 11.8. The maximum absolute atomic E-state index is 11.8. The zero-order chi connectivity index (χ0) is 9.76. The van der Waals surface area contributed by atoms with Crippen LogP contribution >= 0.6 is 15.9 Å². The van der Waals surface area contributed by atoms with E-state index in [1.165, 1.54) is 11.1 Å². The summed E-state index contributed by atoms with van der Waals surface area (Å²) in [4.78, 5) is 11.8. The van der Waals surface area contributed by atoms with Crippen LogP contribution in [0.15, 0.2) is 22.7 Å². The van der Waals surface area contributed by atoms with Crippen LogP contribution in [0.2, 0.25) is 0 Å². The van der Waals surface area contributed by atoms with Crippen molar-refractivity contribution in [2.24, 2.45) is 0 Å². The molecule has 14 heavy (non-hydrogen) atoms. The van der Waals surface area contributed by atoms with E-state index < -0.39 is 0 Å². The molecule has 1 aromatic carbocycles. The van der Waals surface area contributed by atoms with Gasteiger partial charge in [-0.15, -0.1) is 0 Å². The Bertz CT molecular complexity index is 423. The lowest BCUT2D eigenvalue weighted by molar-refractivity contribution is -0.124. The zero-order valence-electron chi connectivity index (χ0n) is 7.64. The first kappa shape index (κ1) is 8.48. The quantitative estimate of drug-likeness (QED) is 0.752. The first-order valence-electron chi connectivity index (χ1n) is 4.80. The number of rotatable bonds is 0. The van der Waals surface area contributed by atoms with Crippen molar-refractivity contribution in [1.29, 1.82) is 0 Å². The van der Waals surface area contributed by atoms with Gasteiger partial charge in [-0.25, -0.2) is 0 Å². The Labute approximate surface area is 90.8 Å². The molecule has 0 aromatic heterocycles. The monoisotopic (exact) mass is 251 g/mol. The van der Waals surface area contributed by atoms with Gasteiger partial charge < -0.3 is 5.32 Å². The number of hydrogen-bond donors (Lipinski definition) is 1. The molecule has 1 fully saturated rings. The second-order valence-electron chi connectivity index (χ2n) is 4.04. The third kappa shape index (κ3) is 0.934. The molecule has 1 amide bonds. The molecular weight excluding hydrogens is 242 g/mol. The molecule has 1 aliphatic heterocycles. The fourth-order valence-electron chi connectivity index (χ4n) is 2.31. The molecule has 72 valence electrons. The van der Waals surface area contributed by atoms with E-state index in [2.05, 4.69) is 27.3 Å². The smallest absolute Gasteiger partial charge is 0.230 e. The summed E-state index contributed by atoms with van der Waals surface area (Å²) in [5.41, 5.74) is 2.30. The van der Waals surface area contributed by atoms with Crippen molar-refractivity contribution in [3.05, 3.63) is 33.8 Å². The molecule has 1 N–H and O–H groups in total. The first-order valence-corrected chi connectivity index (χ1v) is 5.59. The number of fused-ring (bicyclic) bond motifs is 2. The van der Waals surface area contributed by atoms with Gasteiger partial charge in [0.05, 0.1) is 5.41 Å². The summed E-state index contributed by atoms with van der Waals surface area (Å²) >= 11 is 3.55. The Balaban J connectivity index is 2.25. The van der Waals surface area contributed by atoms with Gasteiger partial charge >= 0.3 is 0 Å². The van der Waals surface area contributed by atoms with Crippen molar-refractivity contribution in [1.82, 2.24) is 5.32 Å². The summed E-state index contributed by atoms with van der Waals surface area (Å²) in [6, 6.07) is 6.15. The lowest BCUT2D eigenvalue weighted by Gasteiger charge is -2.26. The van der Waals surface area contributed by atoms with Crippen molar-refractivity contribution in [3.63, 3.8) is 0 Å². The van der Waals surface area contributed by atoms with Gasteiger partial charge in [0.2, 0.25) is 5.91 Å². The summed E-state index contributed by atoms with van der Waals surface area (Å²) < 4.78 is 1.09. The predicted octanol–water partition coefficient (Wildman–Crippen LogP) is 2.11. The molecule has 0 bridgehead atoms. The lowest BCUT2D eigenvalue weighted by Crippen LogP contribution is -2.40. The number of halogens is 1. The van der Waals surface area contributed by atoms with E-state index in [0.717, 1.165) is 17.3 Å². The van der Waals surface area contributed by atoms with E-state index in [1.54, 1.807) is 0 Å². The molecule has 1 aromatic rings. The van der Waals surface area contributed by atoms with E-state index in [9.17, 15) is 4.79 Å². The van der Waals surface area contributed by atoms with Crippen LogP contribution in [0.4, 0.5) is 0 Å². The first-order chi connectivity index (χ1) is 6.74. The van der Waals surface area contributed by atoms with E-state index in [1.807, 2.05) is 12.1 Å². The Morgan fingerprint density at radius 2 is 2.14 bits per heavy atom. The largest absolute Gasteiger partial charge is 0.351 e. The summed E-state index contributed by atoms with van der Waals surface area (Å²) in [6.07, 6.45) is 1.99. The van der Waals surface area contributed by atoms with Crippen LogP contribution in [-0.4, -0.2) is 5.91 Å². The van der Waals surface area contributed by atoms with Crippen LogP contribution in [0.25, 0.3) is 0 Å². The lowest BCUT2D eigenvalue weighted by atomic mass is 9.87. The molecule has 0 unspecified atom stereocenters. The number of hydrogen-bond acceptors (Lipinski definition) is 1. The SMILES string of the molecule is O=C1NCc2cccc(Br)c2C12CC2. The molecule has 0 saturated heterocycles. The van der Waals surface area contributed by atoms with Gasteiger partial charge in [-0.2, -0.15) is 0 Å². The average molecular weight is 252 g/mol. The average Bonchev–Trinajstić information content (AvgIpc) is 2.94. The van der Waals surface area contributed by atoms with E-state index in [4.69, 9.17) is 0 Å². The van der Waals surface area contributed by atoms with Gasteiger partial charge in [-0.3, -0.25) is 4.79 Å². The molecule has 3 rings (SSSR count). The van der Waals surface area contributed by atoms with Crippen molar-refractivity contribution in [2.45, 2.75) is 24.8 Å². The highest BCUT2D eigenvalue weighted by Crippen LogP contribution is 2.53. The van der Waals surface area contributed by atoms with Crippen molar-refractivity contribution < 1.29 is 4.79 Å². The third-order valence-corrected chi connectivity index (χ3v) is 3.86. The van der Waals surface area contributed by atoms with Crippen LogP contribution in [0.5, 0.6) is 0 Å². The minimum absolute atomic E-state index is 0.187. The summed E-state index contributed by atoms with van der Waals surface area (Å²) in [5, 5.41) is 2.96. The highest BCUT2D eigenvalue weighted by Gasteiger charge is 2.54. The molecule has 3 heteroatoms. The molecule has 1 aliphatic carbocycles. The fraction of sp³-hybridized carbons (Fsp3) is 0.364. The van der Waals surface area contributed by atoms with E-state index in [-0.39, 0.29) is 11.3 Å². The predicted molar refractivity (Wildman–Crippen MR) is 56.9 cm³/mol. The number of carbonyl (C=O) groups is 1. The summed E-state index contributed by atoms with van der Waals surface area (Å²) in [7, 11) is 0. The van der Waals surface area contributed by atoms with Crippen molar-refractivity contribution in [3.8, 4) is 0 Å². The molecule has 0 atom stereocenters. The van der Waals surface area contributed by atoms with Crippen LogP contribution in [0.3, 0.4) is 0 Å². The van der Waals surface area contributed by atoms with Gasteiger partial charge in [0.15, 0.2) is 0 Å². The van der Waals surface area contributed by atoms with Gasteiger partial charge in [0, 0.05) is 11.0 Å². The second-order valence-corrected chi connectivity index (χ2v) is 4.89. The standard InChI is InChI=1S/C11H10BrNO/c12-8-3-1-2-7-6-13-10(14)11(4-5-11)9(7)8/h1-3H,4-6H2,(H,13,14). The van der Waals surface area contributed by atoms with Gasteiger partial charge in [0.25, 0.3) is 0 Å². The number of carbonyl (C=O) groups excluding carboxylic acids is 1. The third-order valence-electron chi connectivity index (χ3n) is 3.20. The topological polar surface area (TPSA) is 29.1 Å². The molecule has 1 heterocycles. The van der Waals surface area contributed by atoms with Gasteiger partial charge in [-0.1, -0.05) is 28.1 Å². The molecule has 1 saturated carbocycles. The molecule has 0 radical (unpaired) electrons. The Hall–Kier alpha value is -0.830. The minimum Gasteiger partial charge on any atom is -0.351 e. The second kappa shape index (κ2) is 2.60. The van der Waals surface area contributed by atoms with E-state index >= 15 is 0 Å². The van der Waals surface area contributed by atoms with E-state index in [0.29, 0.717) is 6.54 Å². The van der Waals surface area contributed by atoms with Crippen LogP contribution in [0, 0.1) is 0 Å². The molecular formula is C11H10BrNO. The normalized spacial score (nSPS) is 21.6. The van der Waals surface area contributed by atoms with Gasteiger partial charge in [0.1, 0.15) is 0 Å². The Morgan fingerprint density at radius 1 is 1.36 bits per heavy atom. The summed E-state index contributed by atoms with van der Waals surface area (Å²) in [5.74, 6) is 0.205. The summed E-state index contributed by atoms with van der Waals surface area (Å²) in [6.45, 7) is 0.676. The van der Waals surface area contributed by atoms with Crippen LogP contribution in [-0.2, 0) is 16.8 Å². The highest BCUT2D eigenvalue weighted by atomic mass is 79.9.